The number of halogens is 1. The number of rotatable bonds is 3. The van der Waals surface area contributed by atoms with Crippen LogP contribution in [0.1, 0.15) is 50.5 Å². The highest BCUT2D eigenvalue weighted by molar-refractivity contribution is 5.58. The van der Waals surface area contributed by atoms with Crippen LogP contribution in [0.2, 0.25) is 0 Å². The Labute approximate surface area is 124 Å². The van der Waals surface area contributed by atoms with E-state index in [0.29, 0.717) is 0 Å². The third kappa shape index (κ3) is 2.73. The second-order valence-corrected chi connectivity index (χ2v) is 6.15. The third-order valence-electron chi connectivity index (χ3n) is 4.85. The molecule has 1 aromatic rings. The van der Waals surface area contributed by atoms with E-state index in [9.17, 15) is 9.18 Å². The summed E-state index contributed by atoms with van der Waals surface area (Å²) in [6.45, 7) is 2.00. The molecule has 0 N–H and O–H groups in total. The summed E-state index contributed by atoms with van der Waals surface area (Å²) in [5, 5.41) is 0. The number of carbonyl (C=O) groups excluding carboxylic acids is 1. The molecule has 2 aliphatic rings. The van der Waals surface area contributed by atoms with Crippen LogP contribution >= 0.6 is 0 Å². The van der Waals surface area contributed by atoms with E-state index in [1.54, 1.807) is 12.1 Å². The van der Waals surface area contributed by atoms with E-state index in [0.717, 1.165) is 50.0 Å². The summed E-state index contributed by atoms with van der Waals surface area (Å²) >= 11 is 0. The first-order chi connectivity index (χ1) is 10.2. The van der Waals surface area contributed by atoms with Crippen LogP contribution in [0.5, 0.6) is 0 Å². The van der Waals surface area contributed by atoms with E-state index in [4.69, 9.17) is 0 Å². The van der Waals surface area contributed by atoms with Gasteiger partial charge >= 0.3 is 0 Å². The fourth-order valence-corrected chi connectivity index (χ4v) is 3.78. The van der Waals surface area contributed by atoms with Gasteiger partial charge in [0.2, 0.25) is 6.08 Å². The van der Waals surface area contributed by atoms with E-state index >= 15 is 0 Å². The zero-order valence-electron chi connectivity index (χ0n) is 12.3. The van der Waals surface area contributed by atoms with Gasteiger partial charge in [0, 0.05) is 24.3 Å². The predicted molar refractivity (Wildman–Crippen MR) is 80.7 cm³/mol. The molecule has 4 heteroatoms. The lowest BCUT2D eigenvalue weighted by Gasteiger charge is -2.34. The minimum atomic E-state index is -0.559. The van der Waals surface area contributed by atoms with Crippen LogP contribution in [-0.4, -0.2) is 19.2 Å². The first-order valence-electron chi connectivity index (χ1n) is 7.89. The molecule has 2 fully saturated rings. The van der Waals surface area contributed by atoms with E-state index in [-0.39, 0.29) is 5.82 Å². The number of hydrogen-bond donors (Lipinski definition) is 0. The molecule has 1 heterocycles. The SMILES string of the molecule is O=C=NC1(c2cc(F)ccc2N2CCCCC2)CCCC1. The highest BCUT2D eigenvalue weighted by Crippen LogP contribution is 2.46. The molecule has 1 aliphatic heterocycles. The van der Waals surface area contributed by atoms with Crippen LogP contribution in [-0.2, 0) is 10.3 Å². The maximum Gasteiger partial charge on any atom is 0.235 e. The lowest BCUT2D eigenvalue weighted by atomic mass is 9.86. The Kier molecular flexibility index (Phi) is 4.07. The fraction of sp³-hybridized carbons (Fsp3) is 0.588. The average Bonchev–Trinajstić information content (AvgIpc) is 2.98. The van der Waals surface area contributed by atoms with E-state index in [1.807, 2.05) is 6.07 Å². The van der Waals surface area contributed by atoms with Crippen LogP contribution in [0.15, 0.2) is 23.2 Å². The van der Waals surface area contributed by atoms with Gasteiger partial charge < -0.3 is 4.90 Å². The Morgan fingerprint density at radius 3 is 2.48 bits per heavy atom. The fourth-order valence-electron chi connectivity index (χ4n) is 3.78. The van der Waals surface area contributed by atoms with Gasteiger partial charge in [-0.1, -0.05) is 12.8 Å². The highest BCUT2D eigenvalue weighted by Gasteiger charge is 2.38. The Morgan fingerprint density at radius 1 is 1.10 bits per heavy atom. The smallest absolute Gasteiger partial charge is 0.235 e. The number of isocyanates is 1. The number of anilines is 1. The molecule has 0 aromatic heterocycles. The molecule has 0 atom stereocenters. The van der Waals surface area contributed by atoms with E-state index < -0.39 is 5.54 Å². The quantitative estimate of drug-likeness (QED) is 0.624. The first-order valence-corrected chi connectivity index (χ1v) is 7.89. The number of aliphatic imine (C=N–C) groups is 1. The van der Waals surface area contributed by atoms with Crippen molar-refractivity contribution in [2.45, 2.75) is 50.5 Å². The van der Waals surface area contributed by atoms with Gasteiger partial charge in [0.05, 0.1) is 0 Å². The van der Waals surface area contributed by atoms with Gasteiger partial charge in [0.15, 0.2) is 0 Å². The predicted octanol–water partition coefficient (Wildman–Crippen LogP) is 3.92. The summed E-state index contributed by atoms with van der Waals surface area (Å²) in [5.41, 5.74) is 1.37. The van der Waals surface area contributed by atoms with E-state index in [1.165, 1.54) is 25.3 Å². The molecule has 21 heavy (non-hydrogen) atoms. The van der Waals surface area contributed by atoms with Crippen molar-refractivity contribution in [1.29, 1.82) is 0 Å². The van der Waals surface area contributed by atoms with Crippen molar-refractivity contribution in [3.8, 4) is 0 Å². The van der Waals surface area contributed by atoms with Crippen LogP contribution in [0.25, 0.3) is 0 Å². The molecular formula is C17H21FN2O. The Hall–Kier alpha value is -1.67. The molecule has 0 radical (unpaired) electrons. The van der Waals surface area contributed by atoms with Crippen molar-refractivity contribution >= 4 is 11.8 Å². The zero-order valence-corrected chi connectivity index (χ0v) is 12.3. The van der Waals surface area contributed by atoms with Gasteiger partial charge in [-0.2, -0.15) is 4.99 Å². The number of hydrogen-bond acceptors (Lipinski definition) is 3. The first kappa shape index (κ1) is 14.3. The molecule has 1 aromatic carbocycles. The minimum absolute atomic E-state index is 0.252. The van der Waals surface area contributed by atoms with Crippen molar-refractivity contribution in [3.05, 3.63) is 29.6 Å². The van der Waals surface area contributed by atoms with Crippen molar-refractivity contribution in [1.82, 2.24) is 0 Å². The summed E-state index contributed by atoms with van der Waals surface area (Å²) in [7, 11) is 0. The van der Waals surface area contributed by atoms with Gasteiger partial charge in [0.1, 0.15) is 11.4 Å². The molecule has 0 amide bonds. The van der Waals surface area contributed by atoms with Crippen LogP contribution in [0.4, 0.5) is 10.1 Å². The van der Waals surface area contributed by atoms with Gasteiger partial charge in [-0.15, -0.1) is 0 Å². The molecule has 1 aliphatic carbocycles. The molecule has 112 valence electrons. The van der Waals surface area contributed by atoms with Crippen LogP contribution in [0, 0.1) is 5.82 Å². The zero-order chi connectivity index (χ0) is 14.7. The second kappa shape index (κ2) is 5.98. The maximum absolute atomic E-state index is 13.8. The molecule has 0 spiro atoms. The number of nitrogens with zero attached hydrogens (tertiary/aromatic N) is 2. The van der Waals surface area contributed by atoms with Crippen molar-refractivity contribution in [2.24, 2.45) is 4.99 Å². The largest absolute Gasteiger partial charge is 0.371 e. The Balaban J connectivity index is 2.06. The van der Waals surface area contributed by atoms with Gasteiger partial charge in [0.25, 0.3) is 0 Å². The molecule has 0 unspecified atom stereocenters. The summed E-state index contributed by atoms with van der Waals surface area (Å²) in [4.78, 5) is 17.4. The lowest BCUT2D eigenvalue weighted by Crippen LogP contribution is -2.32. The molecule has 0 bridgehead atoms. The molecular weight excluding hydrogens is 267 g/mol. The monoisotopic (exact) mass is 288 g/mol. The van der Waals surface area contributed by atoms with Gasteiger partial charge in [-0.25, -0.2) is 9.18 Å². The molecule has 3 nitrogen and oxygen atoms in total. The van der Waals surface area contributed by atoms with Crippen LogP contribution < -0.4 is 4.90 Å². The standard InChI is InChI=1S/C17H21FN2O/c18-14-6-7-16(20-10-4-1-5-11-20)15(12-14)17(19-13-21)8-2-3-9-17/h6-7,12H,1-5,8-11H2. The summed E-state index contributed by atoms with van der Waals surface area (Å²) in [6, 6.07) is 4.95. The Morgan fingerprint density at radius 2 is 1.81 bits per heavy atom. The molecule has 1 saturated carbocycles. The normalized spacial score (nSPS) is 21.1. The summed E-state index contributed by atoms with van der Waals surface area (Å²) in [6.07, 6.45) is 9.00. The van der Waals surface area contributed by atoms with Crippen molar-refractivity contribution in [2.75, 3.05) is 18.0 Å². The van der Waals surface area contributed by atoms with E-state index in [2.05, 4.69) is 9.89 Å². The minimum Gasteiger partial charge on any atom is -0.371 e. The second-order valence-electron chi connectivity index (χ2n) is 6.15. The average molecular weight is 288 g/mol. The summed E-state index contributed by atoms with van der Waals surface area (Å²) in [5.74, 6) is -0.252. The van der Waals surface area contributed by atoms with Crippen molar-refractivity contribution < 1.29 is 9.18 Å². The maximum atomic E-state index is 13.8. The third-order valence-corrected chi connectivity index (χ3v) is 4.85. The van der Waals surface area contributed by atoms with Crippen molar-refractivity contribution in [3.63, 3.8) is 0 Å². The van der Waals surface area contributed by atoms with Crippen LogP contribution in [0.3, 0.4) is 0 Å². The lowest BCUT2D eigenvalue weighted by molar-refractivity contribution is 0.450. The van der Waals surface area contributed by atoms with Gasteiger partial charge in [-0.3, -0.25) is 0 Å². The highest BCUT2D eigenvalue weighted by atomic mass is 19.1. The molecule has 1 saturated heterocycles. The summed E-state index contributed by atoms with van der Waals surface area (Å²) < 4.78 is 13.8. The Bertz CT molecular complexity index is 554. The number of piperidine rings is 1. The topological polar surface area (TPSA) is 32.7 Å². The number of benzene rings is 1. The van der Waals surface area contributed by atoms with Gasteiger partial charge in [-0.05, 0) is 50.3 Å². The molecule has 3 rings (SSSR count).